The average Bonchev–Trinajstić information content (AvgIpc) is 3.11. The molecule has 0 aliphatic rings. The van der Waals surface area contributed by atoms with E-state index >= 15 is 0 Å². The molecule has 7 heteroatoms. The molecule has 3 aromatic rings. The Morgan fingerprint density at radius 1 is 1.21 bits per heavy atom. The standard InChI is InChI=1S/C21H23N5OS/c1-4-14-26-19(18-10-12-22-13-11-18)23-24-21(26)28-16(2)20(27)25(3)15-17-8-6-5-7-9-17/h4-13,16H,1,14-15H2,2-3H3/t16-/m1/s1. The first-order valence-electron chi connectivity index (χ1n) is 9.00. The summed E-state index contributed by atoms with van der Waals surface area (Å²) in [4.78, 5) is 18.6. The van der Waals surface area contributed by atoms with Crippen molar-refractivity contribution < 1.29 is 4.79 Å². The van der Waals surface area contributed by atoms with E-state index in [2.05, 4.69) is 21.8 Å². The molecule has 144 valence electrons. The van der Waals surface area contributed by atoms with E-state index in [4.69, 9.17) is 0 Å². The first-order valence-corrected chi connectivity index (χ1v) is 9.88. The molecule has 2 aromatic heterocycles. The summed E-state index contributed by atoms with van der Waals surface area (Å²) in [7, 11) is 1.82. The van der Waals surface area contributed by atoms with Gasteiger partial charge in [-0.15, -0.1) is 16.8 Å². The normalized spacial score (nSPS) is 11.8. The lowest BCUT2D eigenvalue weighted by molar-refractivity contribution is -0.129. The molecule has 1 amide bonds. The van der Waals surface area contributed by atoms with Gasteiger partial charge >= 0.3 is 0 Å². The Balaban J connectivity index is 1.74. The van der Waals surface area contributed by atoms with Gasteiger partial charge in [0.2, 0.25) is 5.91 Å². The first-order chi connectivity index (χ1) is 13.6. The molecule has 0 unspecified atom stereocenters. The highest BCUT2D eigenvalue weighted by atomic mass is 32.2. The molecule has 1 atom stereocenters. The molecule has 0 spiro atoms. The lowest BCUT2D eigenvalue weighted by atomic mass is 10.2. The van der Waals surface area contributed by atoms with Crippen molar-refractivity contribution in [3.63, 3.8) is 0 Å². The molecule has 3 rings (SSSR count). The topological polar surface area (TPSA) is 63.9 Å². The summed E-state index contributed by atoms with van der Waals surface area (Å²) >= 11 is 1.41. The van der Waals surface area contributed by atoms with Gasteiger partial charge in [0, 0.05) is 38.1 Å². The van der Waals surface area contributed by atoms with Crippen LogP contribution in [0.1, 0.15) is 12.5 Å². The van der Waals surface area contributed by atoms with E-state index in [0.29, 0.717) is 18.2 Å². The summed E-state index contributed by atoms with van der Waals surface area (Å²) in [6, 6.07) is 13.7. The van der Waals surface area contributed by atoms with E-state index in [-0.39, 0.29) is 11.2 Å². The van der Waals surface area contributed by atoms with Gasteiger partial charge in [0.15, 0.2) is 11.0 Å². The third kappa shape index (κ3) is 4.67. The minimum absolute atomic E-state index is 0.0486. The van der Waals surface area contributed by atoms with Gasteiger partial charge in [0.25, 0.3) is 0 Å². The monoisotopic (exact) mass is 393 g/mol. The van der Waals surface area contributed by atoms with Gasteiger partial charge < -0.3 is 4.90 Å². The van der Waals surface area contributed by atoms with Crippen LogP contribution in [0.3, 0.4) is 0 Å². The number of carbonyl (C=O) groups excluding carboxylic acids is 1. The van der Waals surface area contributed by atoms with E-state index in [1.807, 2.05) is 61.0 Å². The number of benzene rings is 1. The fourth-order valence-corrected chi connectivity index (χ4v) is 3.81. The Morgan fingerprint density at radius 2 is 1.93 bits per heavy atom. The Hall–Kier alpha value is -2.93. The van der Waals surface area contributed by atoms with Crippen LogP contribution in [0.5, 0.6) is 0 Å². The SMILES string of the molecule is C=CCn1c(S[C@H](C)C(=O)N(C)Cc2ccccc2)nnc1-c1ccncc1. The van der Waals surface area contributed by atoms with E-state index in [1.165, 1.54) is 11.8 Å². The maximum atomic E-state index is 12.8. The van der Waals surface area contributed by atoms with Crippen molar-refractivity contribution in [1.82, 2.24) is 24.6 Å². The van der Waals surface area contributed by atoms with Crippen molar-refractivity contribution in [1.29, 1.82) is 0 Å². The van der Waals surface area contributed by atoms with Crippen molar-refractivity contribution in [2.45, 2.75) is 30.4 Å². The molecular formula is C21H23N5OS. The molecule has 0 saturated heterocycles. The van der Waals surface area contributed by atoms with Crippen LogP contribution in [0.4, 0.5) is 0 Å². The van der Waals surface area contributed by atoms with Crippen molar-refractivity contribution in [3.8, 4) is 11.4 Å². The van der Waals surface area contributed by atoms with Gasteiger partial charge in [-0.05, 0) is 24.6 Å². The zero-order valence-corrected chi connectivity index (χ0v) is 16.8. The minimum Gasteiger partial charge on any atom is -0.340 e. The fourth-order valence-electron chi connectivity index (χ4n) is 2.84. The van der Waals surface area contributed by atoms with Crippen LogP contribution in [0.25, 0.3) is 11.4 Å². The molecule has 0 aliphatic heterocycles. The van der Waals surface area contributed by atoms with Gasteiger partial charge in [-0.2, -0.15) is 0 Å². The van der Waals surface area contributed by atoms with Crippen LogP contribution in [-0.2, 0) is 17.9 Å². The molecule has 0 N–H and O–H groups in total. The van der Waals surface area contributed by atoms with Crippen molar-refractivity contribution >= 4 is 17.7 Å². The van der Waals surface area contributed by atoms with Crippen molar-refractivity contribution in [2.75, 3.05) is 7.05 Å². The largest absolute Gasteiger partial charge is 0.340 e. The van der Waals surface area contributed by atoms with Crippen LogP contribution in [0, 0.1) is 0 Å². The number of hydrogen-bond donors (Lipinski definition) is 0. The maximum Gasteiger partial charge on any atom is 0.235 e. The van der Waals surface area contributed by atoms with Gasteiger partial charge in [-0.3, -0.25) is 14.3 Å². The minimum atomic E-state index is -0.285. The Labute approximate surface area is 169 Å². The number of allylic oxidation sites excluding steroid dienone is 1. The quantitative estimate of drug-likeness (QED) is 0.432. The molecule has 0 radical (unpaired) electrons. The lowest BCUT2D eigenvalue weighted by Gasteiger charge is -2.21. The molecule has 6 nitrogen and oxygen atoms in total. The van der Waals surface area contributed by atoms with Crippen LogP contribution in [-0.4, -0.2) is 42.9 Å². The second-order valence-electron chi connectivity index (χ2n) is 6.38. The summed E-state index contributed by atoms with van der Waals surface area (Å²) in [5.41, 5.74) is 2.03. The van der Waals surface area contributed by atoms with Gasteiger partial charge in [-0.1, -0.05) is 48.2 Å². The molecule has 28 heavy (non-hydrogen) atoms. The third-order valence-corrected chi connectivity index (χ3v) is 5.30. The molecule has 0 fully saturated rings. The Kier molecular flexibility index (Phi) is 6.60. The third-order valence-electron chi connectivity index (χ3n) is 4.24. The van der Waals surface area contributed by atoms with Crippen LogP contribution >= 0.6 is 11.8 Å². The highest BCUT2D eigenvalue weighted by molar-refractivity contribution is 8.00. The summed E-state index contributed by atoms with van der Waals surface area (Å²) in [5, 5.41) is 9.05. The Morgan fingerprint density at radius 3 is 2.61 bits per heavy atom. The van der Waals surface area contributed by atoms with E-state index in [9.17, 15) is 4.79 Å². The predicted molar refractivity (Wildman–Crippen MR) is 112 cm³/mol. The maximum absolute atomic E-state index is 12.8. The number of pyridine rings is 1. The van der Waals surface area contributed by atoms with Gasteiger partial charge in [0.1, 0.15) is 0 Å². The first kappa shape index (κ1) is 19.8. The second kappa shape index (κ2) is 9.32. The fraction of sp³-hybridized carbons (Fsp3) is 0.238. The number of thioether (sulfide) groups is 1. The van der Waals surface area contributed by atoms with Crippen molar-refractivity contribution in [2.24, 2.45) is 0 Å². The zero-order chi connectivity index (χ0) is 19.9. The second-order valence-corrected chi connectivity index (χ2v) is 7.69. The summed E-state index contributed by atoms with van der Waals surface area (Å²) in [6.45, 7) is 6.86. The lowest BCUT2D eigenvalue weighted by Crippen LogP contribution is -2.33. The van der Waals surface area contributed by atoms with Crippen LogP contribution in [0.15, 0.2) is 72.7 Å². The van der Waals surface area contributed by atoms with Gasteiger partial charge in [0.05, 0.1) is 5.25 Å². The summed E-state index contributed by atoms with van der Waals surface area (Å²) in [5.74, 6) is 0.787. The van der Waals surface area contributed by atoms with E-state index in [1.54, 1.807) is 23.4 Å². The number of nitrogens with zero attached hydrogens (tertiary/aromatic N) is 5. The molecule has 0 bridgehead atoms. The molecule has 0 saturated carbocycles. The number of carbonyl (C=O) groups is 1. The zero-order valence-electron chi connectivity index (χ0n) is 16.0. The summed E-state index contributed by atoms with van der Waals surface area (Å²) < 4.78 is 1.97. The van der Waals surface area contributed by atoms with Gasteiger partial charge in [-0.25, -0.2) is 0 Å². The Bertz CT molecular complexity index is 926. The van der Waals surface area contributed by atoms with Crippen molar-refractivity contribution in [3.05, 3.63) is 73.1 Å². The smallest absolute Gasteiger partial charge is 0.235 e. The predicted octanol–water partition coefficient (Wildman–Crippen LogP) is 3.67. The number of rotatable bonds is 8. The molecular weight excluding hydrogens is 370 g/mol. The molecule has 0 aliphatic carbocycles. The van der Waals surface area contributed by atoms with E-state index in [0.717, 1.165) is 17.0 Å². The average molecular weight is 394 g/mol. The highest BCUT2D eigenvalue weighted by Crippen LogP contribution is 2.27. The number of amides is 1. The number of aromatic nitrogens is 4. The highest BCUT2D eigenvalue weighted by Gasteiger charge is 2.23. The molecule has 2 heterocycles. The molecule has 1 aromatic carbocycles. The summed E-state index contributed by atoms with van der Waals surface area (Å²) in [6.07, 6.45) is 5.24. The van der Waals surface area contributed by atoms with E-state index < -0.39 is 0 Å². The van der Waals surface area contributed by atoms with Crippen LogP contribution < -0.4 is 0 Å². The van der Waals surface area contributed by atoms with Crippen LogP contribution in [0.2, 0.25) is 0 Å². The number of hydrogen-bond acceptors (Lipinski definition) is 5.